The van der Waals surface area contributed by atoms with E-state index in [1.807, 2.05) is 32.0 Å². The molecule has 0 amide bonds. The van der Waals surface area contributed by atoms with E-state index in [1.54, 1.807) is 6.21 Å². The van der Waals surface area contributed by atoms with Gasteiger partial charge in [0.15, 0.2) is 11.5 Å². The number of hydrogen-bond acceptors (Lipinski definition) is 4. The third kappa shape index (κ3) is 3.98. The normalized spacial score (nSPS) is 12.6. The van der Waals surface area contributed by atoms with E-state index < -0.39 is 0 Å². The summed E-state index contributed by atoms with van der Waals surface area (Å²) in [6.07, 6.45) is 2.70. The van der Waals surface area contributed by atoms with Crippen LogP contribution in [0.15, 0.2) is 23.3 Å². The summed E-state index contributed by atoms with van der Waals surface area (Å²) in [6, 6.07) is 5.66. The molecule has 1 aromatic rings. The van der Waals surface area contributed by atoms with Crippen molar-refractivity contribution in [3.8, 4) is 11.5 Å². The highest BCUT2D eigenvalue weighted by atomic mass is 16.5. The fourth-order valence-corrected chi connectivity index (χ4v) is 1.36. The predicted molar refractivity (Wildman–Crippen MR) is 69.8 cm³/mol. The minimum Gasteiger partial charge on any atom is -0.490 e. The zero-order valence-electron chi connectivity index (χ0n) is 10.6. The molecule has 17 heavy (non-hydrogen) atoms. The second-order valence-electron chi connectivity index (χ2n) is 3.75. The van der Waals surface area contributed by atoms with E-state index in [0.717, 1.165) is 23.5 Å². The van der Waals surface area contributed by atoms with Crippen LogP contribution in [0.25, 0.3) is 0 Å². The van der Waals surface area contributed by atoms with Gasteiger partial charge in [0.1, 0.15) is 0 Å². The molecule has 0 aliphatic rings. The zero-order chi connectivity index (χ0) is 12.7. The minimum atomic E-state index is 0.170. The molecule has 1 rings (SSSR count). The van der Waals surface area contributed by atoms with Gasteiger partial charge in [-0.2, -0.15) is 5.10 Å². The number of nitrogens with two attached hydrogens (primary N) is 1. The Hall–Kier alpha value is -1.71. The highest BCUT2D eigenvalue weighted by Crippen LogP contribution is 2.29. The number of hydrazone groups is 1. The topological polar surface area (TPSA) is 56.8 Å². The fraction of sp³-hybridized carbons (Fsp3) is 0.462. The molecule has 4 nitrogen and oxygen atoms in total. The van der Waals surface area contributed by atoms with Crippen LogP contribution >= 0.6 is 0 Å². The lowest BCUT2D eigenvalue weighted by molar-refractivity contribution is 0.203. The van der Waals surface area contributed by atoms with E-state index in [2.05, 4.69) is 12.0 Å². The Labute approximate surface area is 102 Å². The molecule has 0 radical (unpaired) electrons. The van der Waals surface area contributed by atoms with E-state index in [0.29, 0.717) is 6.61 Å². The molecule has 0 aliphatic carbocycles. The summed E-state index contributed by atoms with van der Waals surface area (Å²) < 4.78 is 11.3. The standard InChI is InChI=1S/C13H20N2O2/c1-4-10(3)17-12-7-6-11(9-15-14)8-13(12)16-5-2/h6-10H,4-5,14H2,1-3H3. The van der Waals surface area contributed by atoms with Crippen LogP contribution in [-0.4, -0.2) is 18.9 Å². The van der Waals surface area contributed by atoms with Crippen molar-refractivity contribution in [1.29, 1.82) is 0 Å². The van der Waals surface area contributed by atoms with E-state index in [9.17, 15) is 0 Å². The maximum absolute atomic E-state index is 5.78. The average molecular weight is 236 g/mol. The Kier molecular flexibility index (Phi) is 5.33. The minimum absolute atomic E-state index is 0.170. The molecule has 1 aromatic carbocycles. The third-order valence-electron chi connectivity index (χ3n) is 2.39. The fourth-order valence-electron chi connectivity index (χ4n) is 1.36. The molecule has 0 saturated heterocycles. The van der Waals surface area contributed by atoms with Crippen LogP contribution in [0.4, 0.5) is 0 Å². The van der Waals surface area contributed by atoms with Gasteiger partial charge in [0.05, 0.1) is 18.9 Å². The Morgan fingerprint density at radius 3 is 2.71 bits per heavy atom. The highest BCUT2D eigenvalue weighted by Gasteiger charge is 2.08. The average Bonchev–Trinajstić information content (AvgIpc) is 2.33. The first-order valence-electron chi connectivity index (χ1n) is 5.88. The van der Waals surface area contributed by atoms with Crippen molar-refractivity contribution in [3.05, 3.63) is 23.8 Å². The predicted octanol–water partition coefficient (Wildman–Crippen LogP) is 2.56. The summed E-state index contributed by atoms with van der Waals surface area (Å²) >= 11 is 0. The lowest BCUT2D eigenvalue weighted by atomic mass is 10.2. The van der Waals surface area contributed by atoms with Crippen LogP contribution < -0.4 is 15.3 Å². The lowest BCUT2D eigenvalue weighted by Crippen LogP contribution is -2.11. The Morgan fingerprint density at radius 2 is 2.12 bits per heavy atom. The molecule has 1 unspecified atom stereocenters. The van der Waals surface area contributed by atoms with Crippen molar-refractivity contribution in [3.63, 3.8) is 0 Å². The first-order chi connectivity index (χ1) is 8.21. The summed E-state index contributed by atoms with van der Waals surface area (Å²) in [7, 11) is 0. The Balaban J connectivity index is 2.95. The number of hydrogen-bond donors (Lipinski definition) is 1. The number of nitrogens with zero attached hydrogens (tertiary/aromatic N) is 1. The van der Waals surface area contributed by atoms with Crippen LogP contribution in [0.1, 0.15) is 32.8 Å². The van der Waals surface area contributed by atoms with Gasteiger partial charge in [0, 0.05) is 0 Å². The molecule has 0 fully saturated rings. The van der Waals surface area contributed by atoms with E-state index >= 15 is 0 Å². The Bertz CT molecular complexity index is 378. The van der Waals surface area contributed by atoms with Gasteiger partial charge in [-0.3, -0.25) is 0 Å². The maximum Gasteiger partial charge on any atom is 0.161 e. The van der Waals surface area contributed by atoms with Crippen molar-refractivity contribution in [2.45, 2.75) is 33.3 Å². The largest absolute Gasteiger partial charge is 0.490 e. The summed E-state index contributed by atoms with van der Waals surface area (Å²) in [5.74, 6) is 6.61. The first-order valence-corrected chi connectivity index (χ1v) is 5.88. The molecule has 0 bridgehead atoms. The van der Waals surface area contributed by atoms with Crippen molar-refractivity contribution in [1.82, 2.24) is 0 Å². The molecule has 4 heteroatoms. The smallest absolute Gasteiger partial charge is 0.161 e. The SMILES string of the molecule is CCOc1cc(C=NN)ccc1OC(C)CC. The first kappa shape index (κ1) is 13.4. The number of ether oxygens (including phenoxy) is 2. The van der Waals surface area contributed by atoms with E-state index in [4.69, 9.17) is 15.3 Å². The Morgan fingerprint density at radius 1 is 1.35 bits per heavy atom. The van der Waals surface area contributed by atoms with Crippen molar-refractivity contribution in [2.75, 3.05) is 6.61 Å². The number of benzene rings is 1. The lowest BCUT2D eigenvalue weighted by Gasteiger charge is -2.16. The third-order valence-corrected chi connectivity index (χ3v) is 2.39. The summed E-state index contributed by atoms with van der Waals surface area (Å²) in [4.78, 5) is 0. The van der Waals surface area contributed by atoms with Crippen LogP contribution in [0.5, 0.6) is 11.5 Å². The van der Waals surface area contributed by atoms with Gasteiger partial charge < -0.3 is 15.3 Å². The highest BCUT2D eigenvalue weighted by molar-refractivity contribution is 5.80. The van der Waals surface area contributed by atoms with Gasteiger partial charge in [0.25, 0.3) is 0 Å². The van der Waals surface area contributed by atoms with E-state index in [-0.39, 0.29) is 6.10 Å². The van der Waals surface area contributed by atoms with E-state index in [1.165, 1.54) is 0 Å². The van der Waals surface area contributed by atoms with Crippen LogP contribution in [0, 0.1) is 0 Å². The van der Waals surface area contributed by atoms with Crippen LogP contribution in [-0.2, 0) is 0 Å². The molecule has 94 valence electrons. The quantitative estimate of drug-likeness (QED) is 0.469. The molecule has 0 aromatic heterocycles. The zero-order valence-corrected chi connectivity index (χ0v) is 10.6. The van der Waals surface area contributed by atoms with Gasteiger partial charge >= 0.3 is 0 Å². The molecule has 0 aliphatic heterocycles. The van der Waals surface area contributed by atoms with Crippen molar-refractivity contribution in [2.24, 2.45) is 10.9 Å². The molecule has 0 heterocycles. The van der Waals surface area contributed by atoms with Crippen molar-refractivity contribution < 1.29 is 9.47 Å². The van der Waals surface area contributed by atoms with Crippen molar-refractivity contribution >= 4 is 6.21 Å². The monoisotopic (exact) mass is 236 g/mol. The summed E-state index contributed by atoms with van der Waals surface area (Å²) in [5.41, 5.74) is 0.896. The van der Waals surface area contributed by atoms with Gasteiger partial charge in [-0.15, -0.1) is 0 Å². The second kappa shape index (κ2) is 6.78. The van der Waals surface area contributed by atoms with Gasteiger partial charge in [-0.25, -0.2) is 0 Å². The molecular weight excluding hydrogens is 216 g/mol. The molecular formula is C13H20N2O2. The van der Waals surface area contributed by atoms with Gasteiger partial charge in [0.2, 0.25) is 0 Å². The summed E-state index contributed by atoms with van der Waals surface area (Å²) in [6.45, 7) is 6.66. The van der Waals surface area contributed by atoms with Gasteiger partial charge in [-0.1, -0.05) is 6.92 Å². The molecule has 2 N–H and O–H groups in total. The molecule has 0 spiro atoms. The van der Waals surface area contributed by atoms with Gasteiger partial charge in [-0.05, 0) is 44.0 Å². The molecule has 0 saturated carbocycles. The summed E-state index contributed by atoms with van der Waals surface area (Å²) in [5, 5.41) is 3.49. The molecule has 1 atom stereocenters. The number of rotatable bonds is 6. The van der Waals surface area contributed by atoms with Crippen LogP contribution in [0.3, 0.4) is 0 Å². The second-order valence-corrected chi connectivity index (χ2v) is 3.75. The van der Waals surface area contributed by atoms with Crippen LogP contribution in [0.2, 0.25) is 0 Å². The maximum atomic E-state index is 5.78.